The molecule has 228 valence electrons. The van der Waals surface area contributed by atoms with E-state index in [1.165, 1.54) is 11.1 Å². The quantitative estimate of drug-likeness (QED) is 0.228. The Hall–Kier alpha value is -2.74. The topological polar surface area (TPSA) is 34.1 Å². The number of fused-ring (bicyclic) bond motifs is 2. The fraction of sp³-hybridized carbons (Fsp3) is 0.550. The van der Waals surface area contributed by atoms with Crippen LogP contribution >= 0.6 is 0 Å². The first-order chi connectivity index (χ1) is 19.4. The SMILES string of the molecule is CCC(C)(CCC=C(C)C(C)(C)C)c1ccc2c(c1)C(=O)c1cc(C(C)(CC)CCC=C(C)C(C)(C)C)ccc1C2=O. The number of ketones is 2. The van der Waals surface area contributed by atoms with Crippen LogP contribution in [0.3, 0.4) is 0 Å². The second kappa shape index (κ2) is 12.5. The van der Waals surface area contributed by atoms with Crippen LogP contribution in [0.2, 0.25) is 0 Å². The molecule has 2 nitrogen and oxygen atoms in total. The summed E-state index contributed by atoms with van der Waals surface area (Å²) in [4.78, 5) is 27.7. The average Bonchev–Trinajstić information content (AvgIpc) is 2.93. The zero-order valence-corrected chi connectivity index (χ0v) is 28.7. The van der Waals surface area contributed by atoms with Crippen molar-refractivity contribution in [3.8, 4) is 0 Å². The predicted octanol–water partition coefficient (Wildman–Crippen LogP) is 11.3. The smallest absolute Gasteiger partial charge is 0.194 e. The Balaban J connectivity index is 1.94. The molecule has 2 unspecified atom stereocenters. The molecule has 0 aliphatic heterocycles. The zero-order valence-electron chi connectivity index (χ0n) is 28.7. The van der Waals surface area contributed by atoms with Gasteiger partial charge in [-0.1, -0.05) is 105 Å². The molecular formula is C40H56O2. The van der Waals surface area contributed by atoms with Crippen molar-refractivity contribution in [1.29, 1.82) is 0 Å². The summed E-state index contributed by atoms with van der Waals surface area (Å²) in [6.45, 7) is 27.0. The highest BCUT2D eigenvalue weighted by molar-refractivity contribution is 6.28. The van der Waals surface area contributed by atoms with Gasteiger partial charge in [0.1, 0.15) is 0 Å². The lowest BCUT2D eigenvalue weighted by Gasteiger charge is -2.32. The molecule has 1 aliphatic carbocycles. The van der Waals surface area contributed by atoms with Gasteiger partial charge >= 0.3 is 0 Å². The van der Waals surface area contributed by atoms with Gasteiger partial charge in [-0.15, -0.1) is 0 Å². The van der Waals surface area contributed by atoms with Gasteiger partial charge in [-0.25, -0.2) is 0 Å². The van der Waals surface area contributed by atoms with Crippen molar-refractivity contribution in [3.05, 3.63) is 93.1 Å². The normalized spacial score (nSPS) is 17.4. The second-order valence-electron chi connectivity index (χ2n) is 15.4. The third-order valence-corrected chi connectivity index (χ3v) is 10.6. The van der Waals surface area contributed by atoms with E-state index in [1.54, 1.807) is 0 Å². The Morgan fingerprint density at radius 2 is 0.905 bits per heavy atom. The minimum atomic E-state index is -0.0748. The number of hydrogen-bond acceptors (Lipinski definition) is 2. The fourth-order valence-electron chi connectivity index (χ4n) is 5.78. The number of rotatable bonds is 10. The lowest BCUT2D eigenvalue weighted by molar-refractivity contribution is 0.0978. The molecule has 0 aromatic heterocycles. The molecule has 0 radical (unpaired) electrons. The maximum absolute atomic E-state index is 14.0. The number of benzene rings is 2. The van der Waals surface area contributed by atoms with Crippen molar-refractivity contribution in [2.75, 3.05) is 0 Å². The number of hydrogen-bond donors (Lipinski definition) is 0. The van der Waals surface area contributed by atoms with Crippen LogP contribution in [-0.2, 0) is 10.8 Å². The van der Waals surface area contributed by atoms with Crippen LogP contribution in [-0.4, -0.2) is 11.6 Å². The largest absolute Gasteiger partial charge is 0.289 e. The van der Waals surface area contributed by atoms with Gasteiger partial charge in [-0.2, -0.15) is 0 Å². The summed E-state index contributed by atoms with van der Waals surface area (Å²) < 4.78 is 0. The van der Waals surface area contributed by atoms with Crippen molar-refractivity contribution < 1.29 is 9.59 Å². The van der Waals surface area contributed by atoms with Gasteiger partial charge in [0, 0.05) is 22.3 Å². The Morgan fingerprint density at radius 1 is 0.571 bits per heavy atom. The molecule has 0 bridgehead atoms. The molecule has 2 heteroatoms. The second-order valence-corrected chi connectivity index (χ2v) is 15.4. The standard InChI is InChI=1S/C40H56O2/c1-13-39(11,23-15-17-27(3)37(5,6)7)29-19-21-31-33(25-29)36(42)34-26-30(20-22-32(34)35(31)41)40(12,14-2)24-16-18-28(4)38(8,9)10/h17-22,25-26H,13-16,23-24H2,1-12H3. The Kier molecular flexibility index (Phi) is 10.0. The molecule has 2 atom stereocenters. The summed E-state index contributed by atoms with van der Waals surface area (Å²) in [7, 11) is 0. The first kappa shape index (κ1) is 33.8. The van der Waals surface area contributed by atoms with Crippen LogP contribution in [0, 0.1) is 10.8 Å². The van der Waals surface area contributed by atoms with E-state index in [1.807, 2.05) is 24.3 Å². The maximum Gasteiger partial charge on any atom is 0.194 e. The van der Waals surface area contributed by atoms with Gasteiger partial charge in [-0.05, 0) is 109 Å². The molecule has 0 saturated carbocycles. The van der Waals surface area contributed by atoms with E-state index in [-0.39, 0.29) is 33.2 Å². The van der Waals surface area contributed by atoms with E-state index in [2.05, 4.69) is 107 Å². The van der Waals surface area contributed by atoms with Crippen LogP contribution < -0.4 is 0 Å². The van der Waals surface area contributed by atoms with E-state index < -0.39 is 0 Å². The third kappa shape index (κ3) is 7.07. The van der Waals surface area contributed by atoms with Crippen molar-refractivity contribution in [3.63, 3.8) is 0 Å². The molecule has 0 saturated heterocycles. The van der Waals surface area contributed by atoms with E-state index in [4.69, 9.17) is 0 Å². The lowest BCUT2D eigenvalue weighted by atomic mass is 9.72. The highest BCUT2D eigenvalue weighted by Gasteiger charge is 2.34. The van der Waals surface area contributed by atoms with Gasteiger partial charge in [0.15, 0.2) is 11.6 Å². The monoisotopic (exact) mass is 568 g/mol. The molecule has 2 aromatic carbocycles. The Morgan fingerprint density at radius 3 is 1.21 bits per heavy atom. The number of allylic oxidation sites excluding steroid dienone is 4. The predicted molar refractivity (Wildman–Crippen MR) is 180 cm³/mol. The van der Waals surface area contributed by atoms with Crippen LogP contribution in [0.5, 0.6) is 0 Å². The summed E-state index contributed by atoms with van der Waals surface area (Å²) in [5.41, 5.74) is 7.47. The molecule has 0 N–H and O–H groups in total. The van der Waals surface area contributed by atoms with Gasteiger partial charge in [-0.3, -0.25) is 9.59 Å². The molecular weight excluding hydrogens is 512 g/mol. The van der Waals surface area contributed by atoms with Gasteiger partial charge in [0.25, 0.3) is 0 Å². The van der Waals surface area contributed by atoms with E-state index in [9.17, 15) is 9.59 Å². The first-order valence-electron chi connectivity index (χ1n) is 16.1. The molecule has 2 aromatic rings. The van der Waals surface area contributed by atoms with E-state index in [0.717, 1.165) is 49.7 Å². The lowest BCUT2D eigenvalue weighted by Crippen LogP contribution is -2.26. The van der Waals surface area contributed by atoms with Crippen molar-refractivity contribution >= 4 is 11.6 Å². The van der Waals surface area contributed by atoms with Crippen LogP contribution in [0.15, 0.2) is 59.7 Å². The van der Waals surface area contributed by atoms with Gasteiger partial charge in [0.05, 0.1) is 0 Å². The fourth-order valence-corrected chi connectivity index (χ4v) is 5.78. The third-order valence-electron chi connectivity index (χ3n) is 10.6. The molecule has 0 spiro atoms. The molecule has 0 fully saturated rings. The average molecular weight is 569 g/mol. The van der Waals surface area contributed by atoms with Crippen molar-refractivity contribution in [2.45, 2.75) is 132 Å². The summed E-state index contributed by atoms with van der Waals surface area (Å²) in [6.07, 6.45) is 10.6. The molecule has 1 aliphatic rings. The maximum atomic E-state index is 14.0. The van der Waals surface area contributed by atoms with Crippen LogP contribution in [0.1, 0.15) is 165 Å². The summed E-state index contributed by atoms with van der Waals surface area (Å²) in [6, 6.07) is 12.0. The first-order valence-corrected chi connectivity index (χ1v) is 16.1. The highest BCUT2D eigenvalue weighted by Crippen LogP contribution is 2.39. The minimum Gasteiger partial charge on any atom is -0.289 e. The highest BCUT2D eigenvalue weighted by atomic mass is 16.1. The molecule has 42 heavy (non-hydrogen) atoms. The van der Waals surface area contributed by atoms with Crippen LogP contribution in [0.4, 0.5) is 0 Å². The molecule has 0 heterocycles. The van der Waals surface area contributed by atoms with Gasteiger partial charge in [0.2, 0.25) is 0 Å². The van der Waals surface area contributed by atoms with Gasteiger partial charge < -0.3 is 0 Å². The summed E-state index contributed by atoms with van der Waals surface area (Å²) in [5, 5.41) is 0. The molecule has 3 rings (SSSR count). The van der Waals surface area contributed by atoms with Crippen LogP contribution in [0.25, 0.3) is 0 Å². The van der Waals surface area contributed by atoms with Crippen molar-refractivity contribution in [2.24, 2.45) is 10.8 Å². The van der Waals surface area contributed by atoms with E-state index >= 15 is 0 Å². The molecule has 0 amide bonds. The minimum absolute atomic E-state index is 0.0212. The van der Waals surface area contributed by atoms with Crippen molar-refractivity contribution in [1.82, 2.24) is 0 Å². The number of carbonyl (C=O) groups is 2. The zero-order chi connectivity index (χ0) is 31.7. The van der Waals surface area contributed by atoms with E-state index in [0.29, 0.717) is 22.3 Å². The Bertz CT molecular complexity index is 1280. The summed E-state index contributed by atoms with van der Waals surface area (Å²) >= 11 is 0. The summed E-state index contributed by atoms with van der Waals surface area (Å²) in [5.74, 6) is -0.0614. The Labute approximate surface area is 257 Å². The number of carbonyl (C=O) groups excluding carboxylic acids is 2.